The molecule has 8 heteroatoms. The molecule has 1 heterocycles. The third-order valence-electron chi connectivity index (χ3n) is 11.6. The van der Waals surface area contributed by atoms with Crippen LogP contribution in [0.25, 0.3) is 64.6 Å². The fourth-order valence-electron chi connectivity index (χ4n) is 8.93. The van der Waals surface area contributed by atoms with Crippen LogP contribution in [0.1, 0.15) is 47.9 Å². The lowest BCUT2D eigenvalue weighted by Crippen LogP contribution is -2.03. The molecule has 9 rings (SSSR count). The summed E-state index contributed by atoms with van der Waals surface area (Å²) in [5.74, 6) is 2.99. The fourth-order valence-corrected chi connectivity index (χ4v) is 8.93. The zero-order chi connectivity index (χ0) is 38.2. The lowest BCUT2D eigenvalue weighted by molar-refractivity contribution is 0.0905. The Hall–Kier alpha value is -5.12. The molecule has 0 radical (unpaired) electrons. The summed E-state index contributed by atoms with van der Waals surface area (Å²) in [6.07, 6.45) is 3.61. The standard InChI is InChI=1S/C48H48O8/c1-49-45-37-13-9-29-25-53-21-5-6-23-55-27-31-11-15-39-43-35(31)19-20-36-32(12-16-40(44(36)43)48(52-4)47(39)51-3)28-56-24-8-7-22-54-26-30-10-14-38(46(45)50-2)42-34(30)18-17-33(29)41(37)42/h9-20H,5-8,21-28H2,1-4H3. The van der Waals surface area contributed by atoms with Crippen LogP contribution >= 0.6 is 0 Å². The average Bonchev–Trinajstić information content (AvgIpc) is 3.23. The van der Waals surface area contributed by atoms with Gasteiger partial charge in [0.25, 0.3) is 0 Å². The Balaban J connectivity index is 1.02. The van der Waals surface area contributed by atoms with E-state index in [1.165, 1.54) is 21.5 Å². The van der Waals surface area contributed by atoms with E-state index in [0.29, 0.717) is 52.9 Å². The minimum atomic E-state index is 0.521. The van der Waals surface area contributed by atoms with Crippen LogP contribution in [0, 0.1) is 0 Å². The molecule has 0 atom stereocenters. The second-order valence-corrected chi connectivity index (χ2v) is 14.7. The third kappa shape index (κ3) is 6.16. The Morgan fingerprint density at radius 2 is 0.518 bits per heavy atom. The monoisotopic (exact) mass is 752 g/mol. The summed E-state index contributed by atoms with van der Waals surface area (Å²) in [5, 5.41) is 13.4. The van der Waals surface area contributed by atoms with Crippen LogP contribution in [0.5, 0.6) is 23.0 Å². The van der Waals surface area contributed by atoms with E-state index in [1.54, 1.807) is 28.4 Å². The van der Waals surface area contributed by atoms with Gasteiger partial charge < -0.3 is 37.9 Å². The fraction of sp³-hybridized carbons (Fsp3) is 0.333. The minimum Gasteiger partial charge on any atom is -0.492 e. The largest absolute Gasteiger partial charge is 0.492 e. The van der Waals surface area contributed by atoms with Gasteiger partial charge in [0.15, 0.2) is 23.0 Å². The van der Waals surface area contributed by atoms with Crippen molar-refractivity contribution in [2.75, 3.05) is 54.9 Å². The number of benzene rings is 8. The first-order valence-electron chi connectivity index (χ1n) is 19.6. The highest BCUT2D eigenvalue weighted by Gasteiger charge is 2.23. The molecule has 0 fully saturated rings. The first kappa shape index (κ1) is 36.5. The van der Waals surface area contributed by atoms with Crippen molar-refractivity contribution < 1.29 is 37.9 Å². The SMILES string of the molecule is COc1c(OC)c2ccc3c4ccc5c(ccc1c5c42)COCCCCOCc1ccc2c(OC)c(OC)c4ccc(c5ccc1c2c54)COCCCCOC3. The van der Waals surface area contributed by atoms with Crippen molar-refractivity contribution in [1.29, 1.82) is 0 Å². The van der Waals surface area contributed by atoms with Crippen molar-refractivity contribution in [3.63, 3.8) is 0 Å². The van der Waals surface area contributed by atoms with Crippen LogP contribution in [-0.4, -0.2) is 54.9 Å². The molecule has 4 bridgehead atoms. The highest BCUT2D eigenvalue weighted by Crippen LogP contribution is 2.50. The van der Waals surface area contributed by atoms with E-state index >= 15 is 0 Å². The summed E-state index contributed by atoms with van der Waals surface area (Å²) in [4.78, 5) is 0. The van der Waals surface area contributed by atoms with Gasteiger partial charge in [-0.1, -0.05) is 72.8 Å². The quantitative estimate of drug-likeness (QED) is 0.165. The third-order valence-corrected chi connectivity index (χ3v) is 11.6. The average molecular weight is 753 g/mol. The molecule has 0 aromatic heterocycles. The molecule has 8 aromatic rings. The highest BCUT2D eigenvalue weighted by atomic mass is 16.5. The molecular formula is C48H48O8. The van der Waals surface area contributed by atoms with Crippen molar-refractivity contribution in [3.05, 3.63) is 95.1 Å². The van der Waals surface area contributed by atoms with Gasteiger partial charge in [-0.05, 0) is 69.5 Å². The molecule has 0 aliphatic carbocycles. The number of hydrogen-bond donors (Lipinski definition) is 0. The van der Waals surface area contributed by atoms with Crippen LogP contribution in [0.4, 0.5) is 0 Å². The van der Waals surface area contributed by atoms with Crippen molar-refractivity contribution in [2.24, 2.45) is 0 Å². The van der Waals surface area contributed by atoms with E-state index < -0.39 is 0 Å². The van der Waals surface area contributed by atoms with Crippen LogP contribution in [0.3, 0.4) is 0 Å². The van der Waals surface area contributed by atoms with Crippen LogP contribution in [0.2, 0.25) is 0 Å². The Morgan fingerprint density at radius 1 is 0.304 bits per heavy atom. The Bertz CT molecular complexity index is 2300. The van der Waals surface area contributed by atoms with Gasteiger partial charge in [0, 0.05) is 69.5 Å². The number of fused-ring (bicyclic) bond motifs is 2. The Kier molecular flexibility index (Phi) is 10.3. The summed E-state index contributed by atoms with van der Waals surface area (Å²) in [6, 6.07) is 26.1. The predicted octanol–water partition coefficient (Wildman–Crippen LogP) is 10.9. The molecule has 0 unspecified atom stereocenters. The van der Waals surface area contributed by atoms with Gasteiger partial charge >= 0.3 is 0 Å². The second kappa shape index (κ2) is 15.8. The van der Waals surface area contributed by atoms with Crippen LogP contribution < -0.4 is 18.9 Å². The Morgan fingerprint density at radius 3 is 0.732 bits per heavy atom. The van der Waals surface area contributed by atoms with Gasteiger partial charge in [-0.2, -0.15) is 0 Å². The van der Waals surface area contributed by atoms with Gasteiger partial charge in [0.1, 0.15) is 0 Å². The topological polar surface area (TPSA) is 73.8 Å². The van der Waals surface area contributed by atoms with Crippen molar-refractivity contribution >= 4 is 64.6 Å². The number of hydrogen-bond acceptors (Lipinski definition) is 8. The summed E-state index contributed by atoms with van der Waals surface area (Å²) in [7, 11) is 6.84. The number of rotatable bonds is 4. The summed E-state index contributed by atoms with van der Waals surface area (Å²) in [6.45, 7) is 4.68. The molecular weight excluding hydrogens is 705 g/mol. The smallest absolute Gasteiger partial charge is 0.169 e. The van der Waals surface area contributed by atoms with E-state index in [-0.39, 0.29) is 0 Å². The Labute approximate surface area is 326 Å². The number of methoxy groups -OCH3 is 4. The lowest BCUT2D eigenvalue weighted by Gasteiger charge is -2.21. The summed E-state index contributed by atoms with van der Waals surface area (Å²) < 4.78 is 49.1. The van der Waals surface area contributed by atoms with Crippen LogP contribution in [-0.2, 0) is 45.4 Å². The molecule has 1 aliphatic heterocycles. The predicted molar refractivity (Wildman–Crippen MR) is 224 cm³/mol. The van der Waals surface area contributed by atoms with Crippen molar-refractivity contribution in [1.82, 2.24) is 0 Å². The molecule has 288 valence electrons. The molecule has 56 heavy (non-hydrogen) atoms. The van der Waals surface area contributed by atoms with Gasteiger partial charge in [0.05, 0.1) is 54.9 Å². The molecule has 0 N–H and O–H groups in total. The molecule has 8 aromatic carbocycles. The first-order chi connectivity index (χ1) is 27.7. The number of ether oxygens (including phenoxy) is 8. The lowest BCUT2D eigenvalue weighted by atomic mass is 9.89. The first-order valence-corrected chi connectivity index (χ1v) is 19.6. The van der Waals surface area contributed by atoms with E-state index in [1.807, 2.05) is 0 Å². The van der Waals surface area contributed by atoms with Gasteiger partial charge in [-0.15, -0.1) is 0 Å². The normalized spacial score (nSPS) is 15.8. The highest BCUT2D eigenvalue weighted by molar-refractivity contribution is 6.28. The summed E-state index contributed by atoms with van der Waals surface area (Å²) in [5.41, 5.74) is 4.60. The van der Waals surface area contributed by atoms with Crippen molar-refractivity contribution in [3.8, 4) is 23.0 Å². The van der Waals surface area contributed by atoms with E-state index in [2.05, 4.69) is 72.8 Å². The zero-order valence-electron chi connectivity index (χ0n) is 32.7. The van der Waals surface area contributed by atoms with Gasteiger partial charge in [-0.3, -0.25) is 0 Å². The van der Waals surface area contributed by atoms with E-state index in [0.717, 1.165) is 114 Å². The minimum absolute atomic E-state index is 0.521. The summed E-state index contributed by atoms with van der Waals surface area (Å²) >= 11 is 0. The molecule has 0 spiro atoms. The zero-order valence-corrected chi connectivity index (χ0v) is 32.7. The maximum atomic E-state index is 6.30. The molecule has 0 amide bonds. The van der Waals surface area contributed by atoms with Crippen LogP contribution in [0.15, 0.2) is 72.8 Å². The molecule has 8 nitrogen and oxygen atoms in total. The van der Waals surface area contributed by atoms with Gasteiger partial charge in [0.2, 0.25) is 0 Å². The molecule has 0 saturated carbocycles. The molecule has 1 aliphatic rings. The second-order valence-electron chi connectivity index (χ2n) is 14.7. The van der Waals surface area contributed by atoms with E-state index in [9.17, 15) is 0 Å². The maximum Gasteiger partial charge on any atom is 0.169 e. The maximum absolute atomic E-state index is 6.30. The molecule has 0 saturated heterocycles. The van der Waals surface area contributed by atoms with Gasteiger partial charge in [-0.25, -0.2) is 0 Å². The van der Waals surface area contributed by atoms with Crippen molar-refractivity contribution in [2.45, 2.75) is 52.1 Å². The van der Waals surface area contributed by atoms with E-state index in [4.69, 9.17) is 37.9 Å².